The van der Waals surface area contributed by atoms with Gasteiger partial charge in [0.25, 0.3) is 0 Å². The third-order valence-corrected chi connectivity index (χ3v) is 3.71. The molecule has 1 atom stereocenters. The van der Waals surface area contributed by atoms with Crippen LogP contribution < -0.4 is 5.73 Å². The summed E-state index contributed by atoms with van der Waals surface area (Å²) in [6.07, 6.45) is 2.86. The molecule has 1 aromatic carbocycles. The molecule has 5 heteroatoms. The highest BCUT2D eigenvalue weighted by molar-refractivity contribution is 6.31. The van der Waals surface area contributed by atoms with Gasteiger partial charge >= 0.3 is 0 Å². The number of likely N-dealkylation sites (tertiary alicyclic amines) is 1. The van der Waals surface area contributed by atoms with Crippen molar-refractivity contribution in [1.29, 1.82) is 0 Å². The van der Waals surface area contributed by atoms with Crippen LogP contribution in [0.4, 0.5) is 0 Å². The lowest BCUT2D eigenvalue weighted by molar-refractivity contribution is 0.186. The number of piperidine rings is 1. The maximum absolute atomic E-state index is 10.1. The molecule has 104 valence electrons. The SMILES string of the molecule is NC(=NCC(O)c1ccccc1Cl)N1CCCCC1. The van der Waals surface area contributed by atoms with Crippen LogP contribution in [-0.4, -0.2) is 35.6 Å². The molecule has 0 amide bonds. The molecule has 1 heterocycles. The highest BCUT2D eigenvalue weighted by Gasteiger charge is 2.14. The van der Waals surface area contributed by atoms with E-state index in [-0.39, 0.29) is 6.54 Å². The highest BCUT2D eigenvalue weighted by Crippen LogP contribution is 2.22. The van der Waals surface area contributed by atoms with E-state index in [0.29, 0.717) is 16.5 Å². The molecule has 1 unspecified atom stereocenters. The number of halogens is 1. The summed E-state index contributed by atoms with van der Waals surface area (Å²) in [7, 11) is 0. The number of aliphatic imine (C=N–C) groups is 1. The quantitative estimate of drug-likeness (QED) is 0.659. The van der Waals surface area contributed by atoms with E-state index in [1.165, 1.54) is 6.42 Å². The second-order valence-corrected chi connectivity index (χ2v) is 5.19. The first-order valence-corrected chi connectivity index (χ1v) is 7.03. The van der Waals surface area contributed by atoms with Gasteiger partial charge in [-0.2, -0.15) is 0 Å². The minimum Gasteiger partial charge on any atom is -0.386 e. The standard InChI is InChI=1S/C14H20ClN3O/c15-12-7-3-2-6-11(12)13(19)10-17-14(16)18-8-4-1-5-9-18/h2-3,6-7,13,19H,1,4-5,8-10H2,(H2,16,17). The highest BCUT2D eigenvalue weighted by atomic mass is 35.5. The zero-order valence-electron chi connectivity index (χ0n) is 10.9. The number of guanidine groups is 1. The number of aliphatic hydroxyl groups is 1. The fourth-order valence-electron chi connectivity index (χ4n) is 2.25. The van der Waals surface area contributed by atoms with Crippen molar-refractivity contribution in [2.24, 2.45) is 10.7 Å². The molecule has 0 aromatic heterocycles. The van der Waals surface area contributed by atoms with Crippen molar-refractivity contribution < 1.29 is 5.11 Å². The molecule has 1 saturated heterocycles. The Hall–Kier alpha value is -1.26. The topological polar surface area (TPSA) is 61.9 Å². The zero-order chi connectivity index (χ0) is 13.7. The molecule has 1 aromatic rings. The number of hydrogen-bond donors (Lipinski definition) is 2. The van der Waals surface area contributed by atoms with Gasteiger partial charge in [-0.3, -0.25) is 4.99 Å². The first-order chi connectivity index (χ1) is 9.18. The van der Waals surface area contributed by atoms with Gasteiger partial charge in [0, 0.05) is 23.7 Å². The van der Waals surface area contributed by atoms with Gasteiger partial charge in [-0.05, 0) is 25.3 Å². The van der Waals surface area contributed by atoms with Gasteiger partial charge in [0.15, 0.2) is 5.96 Å². The van der Waals surface area contributed by atoms with Crippen molar-refractivity contribution in [3.8, 4) is 0 Å². The Bertz CT molecular complexity index is 444. The molecule has 1 aliphatic rings. The van der Waals surface area contributed by atoms with Gasteiger partial charge in [0.05, 0.1) is 6.54 Å². The van der Waals surface area contributed by atoms with E-state index in [1.54, 1.807) is 12.1 Å². The average Bonchev–Trinajstić information content (AvgIpc) is 2.46. The van der Waals surface area contributed by atoms with Crippen LogP contribution >= 0.6 is 11.6 Å². The Kier molecular flexibility index (Phi) is 5.05. The van der Waals surface area contributed by atoms with Crippen molar-refractivity contribution in [2.75, 3.05) is 19.6 Å². The number of rotatable bonds is 3. The smallest absolute Gasteiger partial charge is 0.191 e. The van der Waals surface area contributed by atoms with E-state index in [0.717, 1.165) is 25.9 Å². The molecule has 0 bridgehead atoms. The summed E-state index contributed by atoms with van der Waals surface area (Å²) in [5.74, 6) is 0.519. The molecule has 19 heavy (non-hydrogen) atoms. The van der Waals surface area contributed by atoms with Gasteiger partial charge in [0.2, 0.25) is 0 Å². The Morgan fingerprint density at radius 2 is 2.00 bits per heavy atom. The van der Waals surface area contributed by atoms with E-state index < -0.39 is 6.10 Å². The molecule has 0 spiro atoms. The normalized spacial score (nSPS) is 18.4. The predicted molar refractivity (Wildman–Crippen MR) is 78.3 cm³/mol. The van der Waals surface area contributed by atoms with Crippen LogP contribution in [-0.2, 0) is 0 Å². The number of aliphatic hydroxyl groups excluding tert-OH is 1. The summed E-state index contributed by atoms with van der Waals surface area (Å²) in [5, 5.41) is 10.6. The van der Waals surface area contributed by atoms with E-state index in [9.17, 15) is 5.11 Å². The fourth-order valence-corrected chi connectivity index (χ4v) is 2.51. The van der Waals surface area contributed by atoms with Crippen molar-refractivity contribution in [2.45, 2.75) is 25.4 Å². The Balaban J connectivity index is 1.95. The van der Waals surface area contributed by atoms with Crippen molar-refractivity contribution in [3.05, 3.63) is 34.9 Å². The molecule has 1 fully saturated rings. The minimum atomic E-state index is -0.711. The van der Waals surface area contributed by atoms with Gasteiger partial charge < -0.3 is 15.7 Å². The fraction of sp³-hybridized carbons (Fsp3) is 0.500. The summed E-state index contributed by atoms with van der Waals surface area (Å²) in [6.45, 7) is 2.15. The summed E-state index contributed by atoms with van der Waals surface area (Å²) in [4.78, 5) is 6.35. The number of hydrogen-bond acceptors (Lipinski definition) is 2. The molecular formula is C14H20ClN3O. The maximum atomic E-state index is 10.1. The molecule has 0 aliphatic carbocycles. The van der Waals surface area contributed by atoms with Crippen LogP contribution in [0.2, 0.25) is 5.02 Å². The van der Waals surface area contributed by atoms with Gasteiger partial charge in [-0.25, -0.2) is 0 Å². The molecule has 2 rings (SSSR count). The van der Waals surface area contributed by atoms with E-state index in [1.807, 2.05) is 12.1 Å². The average molecular weight is 282 g/mol. The van der Waals surface area contributed by atoms with E-state index in [2.05, 4.69) is 9.89 Å². The third-order valence-electron chi connectivity index (χ3n) is 3.37. The second-order valence-electron chi connectivity index (χ2n) is 4.78. The molecule has 3 N–H and O–H groups in total. The first kappa shape index (κ1) is 14.2. The van der Waals surface area contributed by atoms with Crippen molar-refractivity contribution in [1.82, 2.24) is 4.90 Å². The summed E-state index contributed by atoms with van der Waals surface area (Å²) in [6, 6.07) is 7.25. The van der Waals surface area contributed by atoms with Gasteiger partial charge in [0.1, 0.15) is 6.10 Å². The van der Waals surface area contributed by atoms with Crippen LogP contribution in [0.15, 0.2) is 29.3 Å². The monoisotopic (exact) mass is 281 g/mol. The predicted octanol–water partition coefficient (Wildman–Crippen LogP) is 2.17. The number of nitrogens with two attached hydrogens (primary N) is 1. The van der Waals surface area contributed by atoms with Crippen LogP contribution in [0.25, 0.3) is 0 Å². The number of benzene rings is 1. The van der Waals surface area contributed by atoms with Crippen LogP contribution in [0.5, 0.6) is 0 Å². The summed E-state index contributed by atoms with van der Waals surface area (Å²) in [5.41, 5.74) is 6.64. The molecule has 1 aliphatic heterocycles. The minimum absolute atomic E-state index is 0.242. The van der Waals surface area contributed by atoms with Crippen LogP contribution in [0, 0.1) is 0 Å². The van der Waals surface area contributed by atoms with Crippen molar-refractivity contribution >= 4 is 17.6 Å². The number of nitrogens with zero attached hydrogens (tertiary/aromatic N) is 2. The van der Waals surface area contributed by atoms with E-state index >= 15 is 0 Å². The lowest BCUT2D eigenvalue weighted by Gasteiger charge is -2.27. The molecule has 4 nitrogen and oxygen atoms in total. The summed E-state index contributed by atoms with van der Waals surface area (Å²) >= 11 is 6.03. The lowest BCUT2D eigenvalue weighted by atomic mass is 10.1. The second kappa shape index (κ2) is 6.78. The Labute approximate surface area is 118 Å². The van der Waals surface area contributed by atoms with Gasteiger partial charge in [-0.15, -0.1) is 0 Å². The third kappa shape index (κ3) is 3.85. The maximum Gasteiger partial charge on any atom is 0.191 e. The zero-order valence-corrected chi connectivity index (χ0v) is 11.7. The first-order valence-electron chi connectivity index (χ1n) is 6.66. The Morgan fingerprint density at radius 1 is 1.32 bits per heavy atom. The van der Waals surface area contributed by atoms with E-state index in [4.69, 9.17) is 17.3 Å². The van der Waals surface area contributed by atoms with Crippen molar-refractivity contribution in [3.63, 3.8) is 0 Å². The largest absolute Gasteiger partial charge is 0.386 e. The Morgan fingerprint density at radius 3 is 2.68 bits per heavy atom. The molecule has 0 saturated carbocycles. The van der Waals surface area contributed by atoms with Gasteiger partial charge in [-0.1, -0.05) is 29.8 Å². The van der Waals surface area contributed by atoms with Crippen LogP contribution in [0.1, 0.15) is 30.9 Å². The molecular weight excluding hydrogens is 262 g/mol. The van der Waals surface area contributed by atoms with Crippen LogP contribution in [0.3, 0.4) is 0 Å². The lowest BCUT2D eigenvalue weighted by Crippen LogP contribution is -2.41. The molecule has 0 radical (unpaired) electrons. The summed E-state index contributed by atoms with van der Waals surface area (Å²) < 4.78 is 0.